The second kappa shape index (κ2) is 5.59. The molecule has 2 aromatic carbocycles. The second-order valence-electron chi connectivity index (χ2n) is 4.67. The summed E-state index contributed by atoms with van der Waals surface area (Å²) < 4.78 is 1.03. The maximum absolute atomic E-state index is 4.54. The molecule has 1 aromatic heterocycles. The molecule has 0 fully saturated rings. The summed E-state index contributed by atoms with van der Waals surface area (Å²) in [7, 11) is 0. The SMILES string of the molecule is C[C@@H](Nc1ncc2cc(Br)ccc2n1)c1ccccc1. The Labute approximate surface area is 126 Å². The molecule has 4 heteroatoms. The summed E-state index contributed by atoms with van der Waals surface area (Å²) in [6.45, 7) is 2.10. The van der Waals surface area contributed by atoms with Crippen LogP contribution in [0.1, 0.15) is 18.5 Å². The van der Waals surface area contributed by atoms with Crippen LogP contribution in [0.3, 0.4) is 0 Å². The first-order valence-corrected chi connectivity index (χ1v) is 7.25. The fourth-order valence-corrected chi connectivity index (χ4v) is 2.47. The third-order valence-electron chi connectivity index (χ3n) is 3.19. The molecule has 0 saturated carbocycles. The predicted octanol–water partition coefficient (Wildman–Crippen LogP) is 4.57. The van der Waals surface area contributed by atoms with Crippen molar-refractivity contribution >= 4 is 32.8 Å². The molecule has 1 atom stereocenters. The van der Waals surface area contributed by atoms with Crippen LogP contribution in [-0.4, -0.2) is 9.97 Å². The van der Waals surface area contributed by atoms with Crippen LogP contribution in [0, 0.1) is 0 Å². The molecule has 1 heterocycles. The summed E-state index contributed by atoms with van der Waals surface area (Å²) in [4.78, 5) is 8.91. The molecule has 0 bridgehead atoms. The monoisotopic (exact) mass is 327 g/mol. The van der Waals surface area contributed by atoms with Gasteiger partial charge in [0.2, 0.25) is 5.95 Å². The topological polar surface area (TPSA) is 37.8 Å². The standard InChI is InChI=1S/C16H14BrN3/c1-11(12-5-3-2-4-6-12)19-16-18-10-13-9-14(17)7-8-15(13)20-16/h2-11H,1H3,(H,18,19,20)/t11-/m1/s1. The van der Waals surface area contributed by atoms with Gasteiger partial charge in [0.1, 0.15) is 0 Å². The minimum absolute atomic E-state index is 0.170. The highest BCUT2D eigenvalue weighted by Gasteiger charge is 2.07. The average molecular weight is 328 g/mol. The van der Waals surface area contributed by atoms with E-state index in [0.29, 0.717) is 5.95 Å². The molecular weight excluding hydrogens is 314 g/mol. The lowest BCUT2D eigenvalue weighted by atomic mass is 10.1. The Morgan fingerprint density at radius 3 is 2.70 bits per heavy atom. The Morgan fingerprint density at radius 1 is 1.10 bits per heavy atom. The average Bonchev–Trinajstić information content (AvgIpc) is 2.48. The number of hydrogen-bond acceptors (Lipinski definition) is 3. The lowest BCUT2D eigenvalue weighted by Crippen LogP contribution is -2.09. The molecule has 3 aromatic rings. The summed E-state index contributed by atoms with van der Waals surface area (Å²) in [5, 5.41) is 4.36. The highest BCUT2D eigenvalue weighted by molar-refractivity contribution is 9.10. The fourth-order valence-electron chi connectivity index (χ4n) is 2.09. The molecule has 3 rings (SSSR count). The molecule has 0 saturated heterocycles. The lowest BCUT2D eigenvalue weighted by Gasteiger charge is -2.14. The number of halogens is 1. The first-order valence-electron chi connectivity index (χ1n) is 6.46. The van der Waals surface area contributed by atoms with E-state index in [1.807, 2.05) is 42.6 Å². The molecule has 0 aliphatic carbocycles. The summed E-state index contributed by atoms with van der Waals surface area (Å²) in [5.74, 6) is 0.649. The van der Waals surface area contributed by atoms with E-state index in [-0.39, 0.29) is 6.04 Å². The third kappa shape index (κ3) is 2.80. The van der Waals surface area contributed by atoms with Crippen LogP contribution in [0.2, 0.25) is 0 Å². The summed E-state index contributed by atoms with van der Waals surface area (Å²) >= 11 is 3.45. The van der Waals surface area contributed by atoms with Crippen LogP contribution in [0.15, 0.2) is 59.2 Å². The fraction of sp³-hybridized carbons (Fsp3) is 0.125. The van der Waals surface area contributed by atoms with Crippen LogP contribution in [0.4, 0.5) is 5.95 Å². The molecule has 3 nitrogen and oxygen atoms in total. The largest absolute Gasteiger partial charge is 0.348 e. The van der Waals surface area contributed by atoms with Crippen molar-refractivity contribution in [2.45, 2.75) is 13.0 Å². The number of benzene rings is 2. The Kier molecular flexibility index (Phi) is 3.65. The van der Waals surface area contributed by atoms with Gasteiger partial charge in [-0.2, -0.15) is 0 Å². The van der Waals surface area contributed by atoms with Crippen LogP contribution in [-0.2, 0) is 0 Å². The Balaban J connectivity index is 1.86. The van der Waals surface area contributed by atoms with Gasteiger partial charge in [-0.25, -0.2) is 9.97 Å². The minimum atomic E-state index is 0.170. The van der Waals surface area contributed by atoms with Crippen LogP contribution in [0.25, 0.3) is 10.9 Å². The van der Waals surface area contributed by atoms with Gasteiger partial charge in [0.25, 0.3) is 0 Å². The van der Waals surface area contributed by atoms with Gasteiger partial charge >= 0.3 is 0 Å². The molecule has 100 valence electrons. The Bertz CT molecular complexity index is 728. The zero-order chi connectivity index (χ0) is 13.9. The molecule has 0 radical (unpaired) electrons. The normalized spacial score (nSPS) is 12.3. The van der Waals surface area contributed by atoms with Gasteiger partial charge in [0.05, 0.1) is 11.6 Å². The first-order chi connectivity index (χ1) is 9.72. The second-order valence-corrected chi connectivity index (χ2v) is 5.59. The number of hydrogen-bond donors (Lipinski definition) is 1. The molecule has 0 aliphatic heterocycles. The maximum Gasteiger partial charge on any atom is 0.223 e. The summed E-state index contributed by atoms with van der Waals surface area (Å²) in [6, 6.07) is 16.4. The van der Waals surface area contributed by atoms with Crippen molar-refractivity contribution in [1.29, 1.82) is 0 Å². The van der Waals surface area contributed by atoms with Crippen molar-refractivity contribution in [1.82, 2.24) is 9.97 Å². The van der Waals surface area contributed by atoms with Gasteiger partial charge in [-0.05, 0) is 30.7 Å². The maximum atomic E-state index is 4.54. The van der Waals surface area contributed by atoms with E-state index in [1.54, 1.807) is 0 Å². The van der Waals surface area contributed by atoms with E-state index < -0.39 is 0 Å². The first kappa shape index (κ1) is 13.1. The van der Waals surface area contributed by atoms with Crippen molar-refractivity contribution in [3.8, 4) is 0 Å². The number of nitrogens with zero attached hydrogens (tertiary/aromatic N) is 2. The van der Waals surface area contributed by atoms with Gasteiger partial charge in [-0.3, -0.25) is 0 Å². The van der Waals surface area contributed by atoms with Crippen molar-refractivity contribution in [3.05, 3.63) is 64.8 Å². The number of anilines is 1. The van der Waals surface area contributed by atoms with Crippen LogP contribution < -0.4 is 5.32 Å². The van der Waals surface area contributed by atoms with Crippen molar-refractivity contribution in [2.75, 3.05) is 5.32 Å². The van der Waals surface area contributed by atoms with Gasteiger partial charge < -0.3 is 5.32 Å². The molecule has 0 spiro atoms. The van der Waals surface area contributed by atoms with E-state index in [9.17, 15) is 0 Å². The number of nitrogens with one attached hydrogen (secondary N) is 1. The Morgan fingerprint density at radius 2 is 1.90 bits per heavy atom. The zero-order valence-electron chi connectivity index (χ0n) is 11.0. The molecule has 20 heavy (non-hydrogen) atoms. The molecule has 0 unspecified atom stereocenters. The van der Waals surface area contributed by atoms with Gasteiger partial charge in [0, 0.05) is 16.1 Å². The van der Waals surface area contributed by atoms with Crippen molar-refractivity contribution < 1.29 is 0 Å². The highest BCUT2D eigenvalue weighted by atomic mass is 79.9. The molecule has 0 amide bonds. The molecular formula is C16H14BrN3. The van der Waals surface area contributed by atoms with Crippen molar-refractivity contribution in [2.24, 2.45) is 0 Å². The summed E-state index contributed by atoms with van der Waals surface area (Å²) in [5.41, 5.74) is 2.15. The lowest BCUT2D eigenvalue weighted by molar-refractivity contribution is 0.864. The quantitative estimate of drug-likeness (QED) is 0.765. The number of rotatable bonds is 3. The van der Waals surface area contributed by atoms with E-state index in [0.717, 1.165) is 15.4 Å². The van der Waals surface area contributed by atoms with Crippen molar-refractivity contribution in [3.63, 3.8) is 0 Å². The van der Waals surface area contributed by atoms with Gasteiger partial charge in [-0.15, -0.1) is 0 Å². The smallest absolute Gasteiger partial charge is 0.223 e. The van der Waals surface area contributed by atoms with E-state index in [2.05, 4.69) is 50.3 Å². The third-order valence-corrected chi connectivity index (χ3v) is 3.68. The van der Waals surface area contributed by atoms with Crippen LogP contribution in [0.5, 0.6) is 0 Å². The molecule has 1 N–H and O–H groups in total. The number of aromatic nitrogens is 2. The summed E-state index contributed by atoms with van der Waals surface area (Å²) in [6.07, 6.45) is 1.84. The molecule has 0 aliphatic rings. The minimum Gasteiger partial charge on any atom is -0.348 e. The predicted molar refractivity (Wildman–Crippen MR) is 85.7 cm³/mol. The van der Waals surface area contributed by atoms with Gasteiger partial charge in [-0.1, -0.05) is 46.3 Å². The van der Waals surface area contributed by atoms with Gasteiger partial charge in [0.15, 0.2) is 0 Å². The van der Waals surface area contributed by atoms with E-state index in [1.165, 1.54) is 5.56 Å². The Hall–Kier alpha value is -1.94. The number of fused-ring (bicyclic) bond motifs is 1. The van der Waals surface area contributed by atoms with Crippen LogP contribution >= 0.6 is 15.9 Å². The van der Waals surface area contributed by atoms with E-state index in [4.69, 9.17) is 0 Å². The van der Waals surface area contributed by atoms with E-state index >= 15 is 0 Å². The zero-order valence-corrected chi connectivity index (χ0v) is 12.6. The highest BCUT2D eigenvalue weighted by Crippen LogP contribution is 2.20.